The molecule has 162 valence electrons. The van der Waals surface area contributed by atoms with E-state index in [1.54, 1.807) is 30.3 Å². The van der Waals surface area contributed by atoms with Crippen molar-refractivity contribution >= 4 is 23.3 Å². The molecule has 6 nitrogen and oxygen atoms in total. The summed E-state index contributed by atoms with van der Waals surface area (Å²) in [7, 11) is 1.73. The van der Waals surface area contributed by atoms with Crippen molar-refractivity contribution < 1.29 is 23.1 Å². The highest BCUT2D eigenvalue weighted by molar-refractivity contribution is 6.04. The zero-order valence-electron chi connectivity index (χ0n) is 17.2. The molecule has 2 aromatic carbocycles. The first-order valence-electron chi connectivity index (χ1n) is 10.2. The largest absolute Gasteiger partial charge is 0.481 e. The van der Waals surface area contributed by atoms with Crippen LogP contribution in [0.15, 0.2) is 48.7 Å². The zero-order chi connectivity index (χ0) is 22.4. The van der Waals surface area contributed by atoms with Crippen LogP contribution in [0, 0.1) is 11.6 Å². The number of nitrogens with zero attached hydrogens (tertiary/aromatic N) is 2. The summed E-state index contributed by atoms with van der Waals surface area (Å²) in [6.07, 6.45) is 3.68. The second kappa shape index (κ2) is 7.71. The number of nitrogens with one attached hydrogen (secondary N) is 1. The minimum atomic E-state index is -0.939. The van der Waals surface area contributed by atoms with Gasteiger partial charge in [-0.2, -0.15) is 0 Å². The van der Waals surface area contributed by atoms with Crippen LogP contribution < -0.4 is 15.0 Å². The minimum absolute atomic E-state index is 0.00248. The van der Waals surface area contributed by atoms with Crippen molar-refractivity contribution in [3.05, 3.63) is 71.4 Å². The van der Waals surface area contributed by atoms with E-state index in [2.05, 4.69) is 10.3 Å². The van der Waals surface area contributed by atoms with E-state index in [4.69, 9.17) is 4.74 Å². The van der Waals surface area contributed by atoms with Crippen LogP contribution in [0.1, 0.15) is 34.7 Å². The maximum absolute atomic E-state index is 13.8. The molecule has 0 bridgehead atoms. The molecule has 8 heteroatoms. The average Bonchev–Trinajstić information content (AvgIpc) is 3.61. The van der Waals surface area contributed by atoms with E-state index in [1.165, 1.54) is 6.07 Å². The molecule has 1 saturated carbocycles. The molecule has 0 spiro atoms. The molecule has 2 amide bonds. The van der Waals surface area contributed by atoms with Gasteiger partial charge in [0.1, 0.15) is 28.8 Å². The lowest BCUT2D eigenvalue weighted by atomic mass is 9.95. The molecule has 0 atom stereocenters. The van der Waals surface area contributed by atoms with Gasteiger partial charge in [-0.05, 0) is 54.7 Å². The number of aromatic nitrogens is 1. The van der Waals surface area contributed by atoms with Gasteiger partial charge in [-0.1, -0.05) is 12.1 Å². The Morgan fingerprint density at radius 2 is 1.88 bits per heavy atom. The third-order valence-electron chi connectivity index (χ3n) is 5.74. The highest BCUT2D eigenvalue weighted by Gasteiger charge is 2.34. The molecule has 2 heterocycles. The number of pyridine rings is 1. The molecular formula is C24H19F2N3O3. The van der Waals surface area contributed by atoms with Crippen molar-refractivity contribution in [2.75, 3.05) is 23.9 Å². The van der Waals surface area contributed by atoms with Crippen LogP contribution in [0.25, 0.3) is 11.1 Å². The predicted molar refractivity (Wildman–Crippen MR) is 115 cm³/mol. The topological polar surface area (TPSA) is 71.5 Å². The second-order valence-corrected chi connectivity index (χ2v) is 7.87. The normalized spacial score (nSPS) is 15.2. The van der Waals surface area contributed by atoms with Gasteiger partial charge in [-0.3, -0.25) is 9.59 Å². The number of fused-ring (bicyclic) bond motifs is 1. The van der Waals surface area contributed by atoms with Crippen molar-refractivity contribution in [2.24, 2.45) is 0 Å². The number of anilines is 2. The maximum atomic E-state index is 13.8. The summed E-state index contributed by atoms with van der Waals surface area (Å²) in [6.45, 7) is 0.00248. The second-order valence-electron chi connectivity index (χ2n) is 7.87. The van der Waals surface area contributed by atoms with E-state index >= 15 is 0 Å². The molecule has 1 fully saturated rings. The minimum Gasteiger partial charge on any atom is -0.481 e. The molecular weight excluding hydrogens is 416 g/mol. The molecule has 1 aromatic heterocycles. The van der Waals surface area contributed by atoms with Crippen LogP contribution in [0.5, 0.6) is 5.75 Å². The molecule has 0 unspecified atom stereocenters. The summed E-state index contributed by atoms with van der Waals surface area (Å²) >= 11 is 0. The fourth-order valence-electron chi connectivity index (χ4n) is 3.92. The van der Waals surface area contributed by atoms with Crippen LogP contribution in [-0.4, -0.2) is 30.5 Å². The molecule has 3 aromatic rings. The van der Waals surface area contributed by atoms with Gasteiger partial charge in [0.25, 0.3) is 11.8 Å². The number of carbonyl (C=O) groups excluding carboxylic acids is 2. The Balaban J connectivity index is 1.45. The molecule has 5 rings (SSSR count). The van der Waals surface area contributed by atoms with Gasteiger partial charge in [0, 0.05) is 24.4 Å². The molecule has 0 saturated heterocycles. The number of rotatable bonds is 4. The molecule has 0 radical (unpaired) electrons. The standard InChI is InChI=1S/C24H19F2N3O3/c1-29-18-9-8-15(21(13-5-6-13)23(18)32-12-20(29)30)14-7-10-19(27-11-14)28-24(31)22-16(25)3-2-4-17(22)26/h2-4,7-11,13H,5-6,12H2,1H3,(H,27,28,31). The Labute approximate surface area is 182 Å². The number of benzene rings is 2. The Morgan fingerprint density at radius 1 is 1.12 bits per heavy atom. The number of amides is 2. The third kappa shape index (κ3) is 3.47. The van der Waals surface area contributed by atoms with E-state index < -0.39 is 23.1 Å². The molecule has 32 heavy (non-hydrogen) atoms. The quantitative estimate of drug-likeness (QED) is 0.655. The molecule has 1 aliphatic heterocycles. The lowest BCUT2D eigenvalue weighted by molar-refractivity contribution is -0.121. The van der Waals surface area contributed by atoms with Crippen LogP contribution in [-0.2, 0) is 4.79 Å². The monoisotopic (exact) mass is 435 g/mol. The Bertz CT molecular complexity index is 1220. The highest BCUT2D eigenvalue weighted by Crippen LogP contribution is 2.52. The fourth-order valence-corrected chi connectivity index (χ4v) is 3.92. The highest BCUT2D eigenvalue weighted by atomic mass is 19.1. The first-order chi connectivity index (χ1) is 15.4. The Hall–Kier alpha value is -3.81. The number of ether oxygens (including phenoxy) is 1. The summed E-state index contributed by atoms with van der Waals surface area (Å²) in [5.74, 6) is -1.63. The van der Waals surface area contributed by atoms with E-state index in [9.17, 15) is 18.4 Å². The first-order valence-corrected chi connectivity index (χ1v) is 10.2. The lowest BCUT2D eigenvalue weighted by Crippen LogP contribution is -2.35. The first kappa shape index (κ1) is 20.1. The number of carbonyl (C=O) groups is 2. The van der Waals surface area contributed by atoms with Crippen molar-refractivity contribution in [3.8, 4) is 16.9 Å². The summed E-state index contributed by atoms with van der Waals surface area (Å²) in [5.41, 5.74) is 2.90. The van der Waals surface area contributed by atoms with Crippen molar-refractivity contribution in [1.82, 2.24) is 4.98 Å². The van der Waals surface area contributed by atoms with E-state index in [-0.39, 0.29) is 18.3 Å². The number of likely N-dealkylation sites (N-methyl/N-ethyl adjacent to an activating group) is 1. The van der Waals surface area contributed by atoms with Crippen LogP contribution >= 0.6 is 0 Å². The summed E-state index contributed by atoms with van der Waals surface area (Å²) in [5, 5.41) is 2.43. The summed E-state index contributed by atoms with van der Waals surface area (Å²) in [4.78, 5) is 30.2. The van der Waals surface area contributed by atoms with Gasteiger partial charge in [-0.25, -0.2) is 13.8 Å². The van der Waals surface area contributed by atoms with Crippen molar-refractivity contribution in [3.63, 3.8) is 0 Å². The van der Waals surface area contributed by atoms with Crippen molar-refractivity contribution in [1.29, 1.82) is 0 Å². The average molecular weight is 435 g/mol. The van der Waals surface area contributed by atoms with Crippen LogP contribution in [0.2, 0.25) is 0 Å². The SMILES string of the molecule is CN1C(=O)COc2c1ccc(-c1ccc(NC(=O)c3c(F)cccc3F)nc1)c2C1CC1. The lowest BCUT2D eigenvalue weighted by Gasteiger charge is -2.29. The number of hydrogen-bond acceptors (Lipinski definition) is 4. The van der Waals surface area contributed by atoms with Gasteiger partial charge in [-0.15, -0.1) is 0 Å². The van der Waals surface area contributed by atoms with Gasteiger partial charge >= 0.3 is 0 Å². The Kier molecular flexibility index (Phi) is 4.84. The third-order valence-corrected chi connectivity index (χ3v) is 5.74. The Morgan fingerprint density at radius 3 is 2.53 bits per heavy atom. The summed E-state index contributed by atoms with van der Waals surface area (Å²) < 4.78 is 33.5. The van der Waals surface area contributed by atoms with Crippen LogP contribution in [0.3, 0.4) is 0 Å². The maximum Gasteiger partial charge on any atom is 0.264 e. The van der Waals surface area contributed by atoms with E-state index in [1.807, 2.05) is 12.1 Å². The van der Waals surface area contributed by atoms with Crippen molar-refractivity contribution in [2.45, 2.75) is 18.8 Å². The number of hydrogen-bond donors (Lipinski definition) is 1. The smallest absolute Gasteiger partial charge is 0.264 e. The summed E-state index contributed by atoms with van der Waals surface area (Å²) in [6, 6.07) is 10.4. The van der Waals surface area contributed by atoms with E-state index in [0.29, 0.717) is 5.92 Å². The van der Waals surface area contributed by atoms with Crippen LogP contribution in [0.4, 0.5) is 20.3 Å². The molecule has 1 N–H and O–H groups in total. The molecule has 1 aliphatic carbocycles. The fraction of sp³-hybridized carbons (Fsp3) is 0.208. The van der Waals surface area contributed by atoms with Gasteiger partial charge in [0.05, 0.1) is 5.69 Å². The van der Waals surface area contributed by atoms with Gasteiger partial charge in [0.2, 0.25) is 0 Å². The van der Waals surface area contributed by atoms with Gasteiger partial charge in [0.15, 0.2) is 6.61 Å². The van der Waals surface area contributed by atoms with Gasteiger partial charge < -0.3 is 15.0 Å². The zero-order valence-corrected chi connectivity index (χ0v) is 17.2. The van der Waals surface area contributed by atoms with E-state index in [0.717, 1.165) is 53.1 Å². The molecule has 2 aliphatic rings. The number of halogens is 2. The predicted octanol–water partition coefficient (Wildman–Crippen LogP) is 4.51.